The average molecular weight is 371 g/mol. The van der Waals surface area contributed by atoms with Crippen LogP contribution in [0.5, 0.6) is 0 Å². The summed E-state index contributed by atoms with van der Waals surface area (Å²) in [6.45, 7) is 12.5. The van der Waals surface area contributed by atoms with Gasteiger partial charge in [0.15, 0.2) is 0 Å². The molecule has 1 aromatic rings. The Kier molecular flexibility index (Phi) is 5.06. The number of benzene rings is 1. The number of anilines is 1. The first-order valence-electron chi connectivity index (χ1n) is 10.8. The molecule has 2 amide bonds. The first kappa shape index (κ1) is 18.6. The van der Waals surface area contributed by atoms with Gasteiger partial charge < -0.3 is 9.80 Å². The highest BCUT2D eigenvalue weighted by atomic mass is 16.2. The number of amides is 2. The third kappa shape index (κ3) is 2.91. The third-order valence-corrected chi connectivity index (χ3v) is 7.20. The van der Waals surface area contributed by atoms with Gasteiger partial charge in [0.1, 0.15) is 0 Å². The number of nitrogens with zero attached hydrogens (tertiary/aromatic N) is 3. The maximum atomic E-state index is 12.7. The van der Waals surface area contributed by atoms with Crippen LogP contribution in [0.15, 0.2) is 18.2 Å². The Labute approximate surface area is 163 Å². The van der Waals surface area contributed by atoms with Crippen LogP contribution in [0, 0.1) is 0 Å². The van der Waals surface area contributed by atoms with E-state index in [1.807, 2.05) is 18.7 Å². The van der Waals surface area contributed by atoms with E-state index in [0.29, 0.717) is 23.9 Å². The lowest BCUT2D eigenvalue weighted by molar-refractivity contribution is 0.109. The minimum atomic E-state index is 0.00991. The standard InChI is InChI=1S/C22H34N4O/c1-5-24(6-2)22(27)23-26-15(4)18-14-20-16(11-9-13-25(20)7-3)17-10-8-12-19(26)21(17)18/h8,10,12,15-16,18,20H,5-7,9,11,13-14H2,1-4H3,(H,23,27)/t15?,16-,18?,20-/m1/s1. The van der Waals surface area contributed by atoms with Gasteiger partial charge >= 0.3 is 6.03 Å². The van der Waals surface area contributed by atoms with Crippen molar-refractivity contribution >= 4 is 11.7 Å². The quantitative estimate of drug-likeness (QED) is 0.873. The molecule has 1 fully saturated rings. The minimum Gasteiger partial charge on any atom is -0.324 e. The number of nitrogens with one attached hydrogen (secondary N) is 1. The number of carbonyl (C=O) groups excluding carboxylic acids is 1. The normalized spacial score (nSPS) is 29.3. The van der Waals surface area contributed by atoms with Crippen LogP contribution in [0.1, 0.15) is 69.9 Å². The Balaban J connectivity index is 1.67. The summed E-state index contributed by atoms with van der Waals surface area (Å²) in [4.78, 5) is 17.3. The van der Waals surface area contributed by atoms with E-state index in [9.17, 15) is 4.79 Å². The van der Waals surface area contributed by atoms with Crippen LogP contribution in [0.2, 0.25) is 0 Å². The van der Waals surface area contributed by atoms with Gasteiger partial charge in [-0.2, -0.15) is 0 Å². The zero-order valence-electron chi connectivity index (χ0n) is 17.2. The predicted molar refractivity (Wildman–Crippen MR) is 110 cm³/mol. The van der Waals surface area contributed by atoms with E-state index < -0.39 is 0 Å². The molecule has 1 aromatic carbocycles. The van der Waals surface area contributed by atoms with Gasteiger partial charge in [-0.1, -0.05) is 19.1 Å². The Morgan fingerprint density at radius 2 is 2.00 bits per heavy atom. The summed E-state index contributed by atoms with van der Waals surface area (Å²) in [5.41, 5.74) is 7.48. The number of likely N-dealkylation sites (N-methyl/N-ethyl adjacent to an activating group) is 1. The van der Waals surface area contributed by atoms with Crippen molar-refractivity contribution in [3.05, 3.63) is 29.3 Å². The lowest BCUT2D eigenvalue weighted by Gasteiger charge is -2.46. The second kappa shape index (κ2) is 7.34. The van der Waals surface area contributed by atoms with Crippen molar-refractivity contribution in [1.29, 1.82) is 0 Å². The van der Waals surface area contributed by atoms with E-state index >= 15 is 0 Å². The Morgan fingerprint density at radius 1 is 1.22 bits per heavy atom. The van der Waals surface area contributed by atoms with E-state index in [-0.39, 0.29) is 6.03 Å². The lowest BCUT2D eigenvalue weighted by Crippen LogP contribution is -2.52. The molecule has 4 rings (SSSR count). The molecule has 27 heavy (non-hydrogen) atoms. The first-order valence-corrected chi connectivity index (χ1v) is 10.8. The van der Waals surface area contributed by atoms with Crippen molar-refractivity contribution in [3.8, 4) is 0 Å². The van der Waals surface area contributed by atoms with Crippen LogP contribution in [0.4, 0.5) is 10.5 Å². The lowest BCUT2D eigenvalue weighted by atomic mass is 9.69. The fraction of sp³-hybridized carbons (Fsp3) is 0.682. The molecule has 0 spiro atoms. The molecular weight excluding hydrogens is 336 g/mol. The Morgan fingerprint density at radius 3 is 2.70 bits per heavy atom. The van der Waals surface area contributed by atoms with Gasteiger partial charge in [0.05, 0.1) is 11.7 Å². The molecule has 2 heterocycles. The van der Waals surface area contributed by atoms with Crippen molar-refractivity contribution in [2.75, 3.05) is 31.2 Å². The van der Waals surface area contributed by atoms with Crippen molar-refractivity contribution in [1.82, 2.24) is 15.2 Å². The molecule has 1 N–H and O–H groups in total. The predicted octanol–water partition coefficient (Wildman–Crippen LogP) is 3.92. The smallest absolute Gasteiger partial charge is 0.324 e. The number of hydrogen-bond donors (Lipinski definition) is 1. The van der Waals surface area contributed by atoms with Gasteiger partial charge in [0, 0.05) is 25.0 Å². The largest absolute Gasteiger partial charge is 0.336 e. The second-order valence-electron chi connectivity index (χ2n) is 8.27. The van der Waals surface area contributed by atoms with E-state index in [4.69, 9.17) is 0 Å². The Hall–Kier alpha value is -1.75. The summed E-state index contributed by atoms with van der Waals surface area (Å²) in [5, 5.41) is 2.15. The van der Waals surface area contributed by atoms with Crippen LogP contribution in [-0.4, -0.2) is 54.1 Å². The number of fused-ring (bicyclic) bond motifs is 2. The van der Waals surface area contributed by atoms with Crippen molar-refractivity contribution in [2.24, 2.45) is 0 Å². The zero-order chi connectivity index (χ0) is 19.1. The number of piperidine rings is 1. The van der Waals surface area contributed by atoms with E-state index in [2.05, 4.69) is 47.4 Å². The number of urea groups is 1. The maximum absolute atomic E-state index is 12.7. The van der Waals surface area contributed by atoms with Crippen molar-refractivity contribution < 1.29 is 4.79 Å². The van der Waals surface area contributed by atoms with Gasteiger partial charge in [0.25, 0.3) is 0 Å². The summed E-state index contributed by atoms with van der Waals surface area (Å²) in [5.74, 6) is 1.15. The molecule has 4 atom stereocenters. The number of carbonyl (C=O) groups is 1. The number of hydrogen-bond acceptors (Lipinski definition) is 3. The Bertz CT molecular complexity index is 702. The maximum Gasteiger partial charge on any atom is 0.336 e. The highest BCUT2D eigenvalue weighted by molar-refractivity contribution is 5.78. The monoisotopic (exact) mass is 370 g/mol. The topological polar surface area (TPSA) is 38.8 Å². The van der Waals surface area contributed by atoms with Crippen molar-refractivity contribution in [2.45, 2.75) is 70.9 Å². The molecule has 148 valence electrons. The second-order valence-corrected chi connectivity index (χ2v) is 8.27. The van der Waals surface area contributed by atoms with Crippen molar-refractivity contribution in [3.63, 3.8) is 0 Å². The third-order valence-electron chi connectivity index (χ3n) is 7.20. The van der Waals surface area contributed by atoms with Gasteiger partial charge in [-0.25, -0.2) is 10.2 Å². The fourth-order valence-corrected chi connectivity index (χ4v) is 5.77. The summed E-state index contributed by atoms with van der Waals surface area (Å²) in [6, 6.07) is 7.69. The molecule has 2 aliphatic heterocycles. The molecule has 1 saturated heterocycles. The summed E-state index contributed by atoms with van der Waals surface area (Å²) in [6.07, 6.45) is 3.80. The number of hydrazine groups is 1. The highest BCUT2D eigenvalue weighted by Gasteiger charge is 2.47. The van der Waals surface area contributed by atoms with Crippen LogP contribution in [0.3, 0.4) is 0 Å². The number of rotatable bonds is 4. The number of likely N-dealkylation sites (tertiary alicyclic amines) is 1. The highest BCUT2D eigenvalue weighted by Crippen LogP contribution is 2.53. The zero-order valence-corrected chi connectivity index (χ0v) is 17.2. The molecule has 1 aliphatic carbocycles. The molecular formula is C22H34N4O. The van der Waals surface area contributed by atoms with Gasteiger partial charge in [-0.15, -0.1) is 0 Å². The van der Waals surface area contributed by atoms with Crippen LogP contribution < -0.4 is 10.4 Å². The van der Waals surface area contributed by atoms with Gasteiger partial charge in [0.2, 0.25) is 0 Å². The van der Waals surface area contributed by atoms with E-state index in [1.54, 1.807) is 5.56 Å². The molecule has 0 radical (unpaired) electrons. The van der Waals surface area contributed by atoms with E-state index in [0.717, 1.165) is 19.6 Å². The molecule has 5 nitrogen and oxygen atoms in total. The molecule has 3 aliphatic rings. The summed E-state index contributed by atoms with van der Waals surface area (Å²) >= 11 is 0. The molecule has 5 heteroatoms. The molecule has 2 unspecified atom stereocenters. The SMILES string of the molecule is CCN(CC)C(=O)NN1c2cccc3c2C(C[C@@H]2[C@@H]3CCCN2CC)C1C. The molecule has 0 bridgehead atoms. The summed E-state index contributed by atoms with van der Waals surface area (Å²) < 4.78 is 0. The van der Waals surface area contributed by atoms with E-state index in [1.165, 1.54) is 37.1 Å². The van der Waals surface area contributed by atoms with Crippen LogP contribution >= 0.6 is 0 Å². The van der Waals surface area contributed by atoms with Gasteiger partial charge in [-0.05, 0) is 76.2 Å². The first-order chi connectivity index (χ1) is 13.1. The van der Waals surface area contributed by atoms with Gasteiger partial charge in [-0.3, -0.25) is 5.01 Å². The fourth-order valence-electron chi connectivity index (χ4n) is 5.77. The molecule has 0 aromatic heterocycles. The average Bonchev–Trinajstić information content (AvgIpc) is 2.96. The van der Waals surface area contributed by atoms with Crippen LogP contribution in [0.25, 0.3) is 0 Å². The summed E-state index contributed by atoms with van der Waals surface area (Å²) in [7, 11) is 0. The van der Waals surface area contributed by atoms with Crippen LogP contribution in [-0.2, 0) is 0 Å². The minimum absolute atomic E-state index is 0.00991. The molecule has 0 saturated carbocycles.